The van der Waals surface area contributed by atoms with Crippen LogP contribution in [-0.2, 0) is 26.0 Å². The van der Waals surface area contributed by atoms with Crippen molar-refractivity contribution in [2.75, 3.05) is 61.8 Å². The van der Waals surface area contributed by atoms with Gasteiger partial charge in [0.05, 0.1) is 31.2 Å². The highest BCUT2D eigenvalue weighted by Gasteiger charge is 2.24. The van der Waals surface area contributed by atoms with Crippen molar-refractivity contribution >= 4 is 27.3 Å². The fraction of sp³-hybridized carbons (Fsp3) is 0.667. The summed E-state index contributed by atoms with van der Waals surface area (Å²) in [6.45, 7) is 9.46. The molecule has 30 heavy (non-hydrogen) atoms. The number of nitrogens with zero attached hydrogens (tertiary/aromatic N) is 2. The molecule has 9 heteroatoms. The van der Waals surface area contributed by atoms with Crippen molar-refractivity contribution in [1.82, 2.24) is 10.2 Å². The molecule has 0 aromatic heterocycles. The summed E-state index contributed by atoms with van der Waals surface area (Å²) in [5.74, 6) is 0.563. The van der Waals surface area contributed by atoms with E-state index in [1.54, 1.807) is 6.07 Å². The molecule has 0 bridgehead atoms. The minimum atomic E-state index is -3.35. The van der Waals surface area contributed by atoms with E-state index in [2.05, 4.69) is 28.8 Å². The molecule has 2 aliphatic heterocycles. The standard InChI is InChI=1S/C21H34N4O4S/c1-16(2)13-24-10-11-29-17(14-24)12-22-21(26)15-25-9-5-6-18-19(23-30(3,27)28)7-4-8-20(18)25/h4,7-8,16-17,23H,5-6,9-15H2,1-3H3,(H,22,26). The number of carbonyl (C=O) groups is 1. The topological polar surface area (TPSA) is 91.0 Å². The van der Waals surface area contributed by atoms with Crippen LogP contribution in [0.25, 0.3) is 0 Å². The Morgan fingerprint density at radius 3 is 2.83 bits per heavy atom. The molecule has 0 saturated carbocycles. The van der Waals surface area contributed by atoms with Crippen LogP contribution in [0.4, 0.5) is 11.4 Å². The summed E-state index contributed by atoms with van der Waals surface area (Å²) in [6.07, 6.45) is 2.82. The Morgan fingerprint density at radius 2 is 2.10 bits per heavy atom. The first-order valence-corrected chi connectivity index (χ1v) is 12.6. The van der Waals surface area contributed by atoms with Gasteiger partial charge in [-0.05, 0) is 36.5 Å². The molecular formula is C21H34N4O4S. The fourth-order valence-corrected chi connectivity index (χ4v) is 4.79. The summed E-state index contributed by atoms with van der Waals surface area (Å²) < 4.78 is 31.7. The number of ether oxygens (including phenoxy) is 1. The second-order valence-electron chi connectivity index (χ2n) is 8.65. The Kier molecular flexibility index (Phi) is 7.60. The number of anilines is 2. The van der Waals surface area contributed by atoms with Gasteiger partial charge in [0.25, 0.3) is 0 Å². The summed E-state index contributed by atoms with van der Waals surface area (Å²) in [5, 5.41) is 3.01. The van der Waals surface area contributed by atoms with Crippen LogP contribution < -0.4 is 14.9 Å². The summed E-state index contributed by atoms with van der Waals surface area (Å²) in [6, 6.07) is 5.54. The Labute approximate surface area is 180 Å². The van der Waals surface area contributed by atoms with Gasteiger partial charge in [-0.15, -0.1) is 0 Å². The third-order valence-electron chi connectivity index (χ3n) is 5.35. The fourth-order valence-electron chi connectivity index (χ4n) is 4.20. The van der Waals surface area contributed by atoms with Crippen LogP contribution >= 0.6 is 0 Å². The Hall–Kier alpha value is -1.84. The molecule has 3 rings (SSSR count). The molecule has 0 spiro atoms. The van der Waals surface area contributed by atoms with Crippen molar-refractivity contribution in [3.63, 3.8) is 0 Å². The summed E-state index contributed by atoms with van der Waals surface area (Å²) in [4.78, 5) is 17.0. The lowest BCUT2D eigenvalue weighted by Crippen LogP contribution is -2.49. The van der Waals surface area contributed by atoms with Gasteiger partial charge in [0.15, 0.2) is 0 Å². The molecule has 1 saturated heterocycles. The number of rotatable bonds is 8. The minimum Gasteiger partial charge on any atom is -0.374 e. The van der Waals surface area contributed by atoms with Gasteiger partial charge in [0, 0.05) is 38.4 Å². The van der Waals surface area contributed by atoms with Gasteiger partial charge >= 0.3 is 0 Å². The Bertz CT molecular complexity index is 843. The molecule has 0 radical (unpaired) electrons. The molecule has 2 aliphatic rings. The second kappa shape index (κ2) is 9.98. The number of hydrogen-bond acceptors (Lipinski definition) is 6. The van der Waals surface area contributed by atoms with Crippen molar-refractivity contribution in [2.45, 2.75) is 32.8 Å². The van der Waals surface area contributed by atoms with E-state index in [0.717, 1.165) is 56.5 Å². The van der Waals surface area contributed by atoms with E-state index < -0.39 is 10.0 Å². The summed E-state index contributed by atoms with van der Waals surface area (Å²) >= 11 is 0. The highest BCUT2D eigenvalue weighted by atomic mass is 32.2. The van der Waals surface area contributed by atoms with Gasteiger partial charge in [-0.2, -0.15) is 0 Å². The zero-order chi connectivity index (χ0) is 21.7. The maximum Gasteiger partial charge on any atom is 0.239 e. The largest absolute Gasteiger partial charge is 0.374 e. The monoisotopic (exact) mass is 438 g/mol. The van der Waals surface area contributed by atoms with Crippen LogP contribution in [0.3, 0.4) is 0 Å². The van der Waals surface area contributed by atoms with Crippen molar-refractivity contribution in [2.24, 2.45) is 5.92 Å². The van der Waals surface area contributed by atoms with E-state index in [0.29, 0.717) is 24.8 Å². The zero-order valence-corrected chi connectivity index (χ0v) is 19.0. The highest BCUT2D eigenvalue weighted by Crippen LogP contribution is 2.33. The zero-order valence-electron chi connectivity index (χ0n) is 18.2. The number of fused-ring (bicyclic) bond motifs is 1. The van der Waals surface area contributed by atoms with Crippen molar-refractivity contribution in [3.05, 3.63) is 23.8 Å². The maximum atomic E-state index is 12.6. The van der Waals surface area contributed by atoms with Gasteiger partial charge < -0.3 is 15.0 Å². The number of benzene rings is 1. The summed E-state index contributed by atoms with van der Waals surface area (Å²) in [5.41, 5.74) is 2.46. The van der Waals surface area contributed by atoms with E-state index in [1.165, 1.54) is 0 Å². The Balaban J connectivity index is 1.56. The highest BCUT2D eigenvalue weighted by molar-refractivity contribution is 7.92. The summed E-state index contributed by atoms with van der Waals surface area (Å²) in [7, 11) is -3.35. The Morgan fingerprint density at radius 1 is 1.30 bits per heavy atom. The van der Waals surface area contributed by atoms with Crippen molar-refractivity contribution in [3.8, 4) is 0 Å². The van der Waals surface area contributed by atoms with Gasteiger partial charge in [-0.3, -0.25) is 14.4 Å². The lowest BCUT2D eigenvalue weighted by Gasteiger charge is -2.34. The normalized spacial score (nSPS) is 20.1. The quantitative estimate of drug-likeness (QED) is 0.636. The number of sulfonamides is 1. The van der Waals surface area contributed by atoms with Crippen LogP contribution in [0.15, 0.2) is 18.2 Å². The van der Waals surface area contributed by atoms with Crippen LogP contribution in [0.5, 0.6) is 0 Å². The van der Waals surface area contributed by atoms with E-state index in [9.17, 15) is 13.2 Å². The molecule has 2 N–H and O–H groups in total. The number of carbonyl (C=O) groups excluding carboxylic acids is 1. The molecule has 1 unspecified atom stereocenters. The van der Waals surface area contributed by atoms with Gasteiger partial charge in [0.1, 0.15) is 0 Å². The molecule has 1 fully saturated rings. The second-order valence-corrected chi connectivity index (χ2v) is 10.4. The van der Waals surface area contributed by atoms with Crippen LogP contribution in [0.2, 0.25) is 0 Å². The first kappa shape index (κ1) is 22.8. The van der Waals surface area contributed by atoms with E-state index in [4.69, 9.17) is 4.74 Å². The third-order valence-corrected chi connectivity index (χ3v) is 5.94. The average Bonchev–Trinajstić information content (AvgIpc) is 2.66. The number of hydrogen-bond donors (Lipinski definition) is 2. The van der Waals surface area contributed by atoms with Crippen molar-refractivity contribution < 1.29 is 17.9 Å². The molecule has 8 nitrogen and oxygen atoms in total. The lowest BCUT2D eigenvalue weighted by atomic mass is 10.00. The molecular weight excluding hydrogens is 404 g/mol. The predicted molar refractivity (Wildman–Crippen MR) is 119 cm³/mol. The van der Waals surface area contributed by atoms with Crippen molar-refractivity contribution in [1.29, 1.82) is 0 Å². The third kappa shape index (κ3) is 6.58. The van der Waals surface area contributed by atoms with Crippen LogP contribution in [0, 0.1) is 5.92 Å². The first-order chi connectivity index (χ1) is 14.2. The number of morpholine rings is 1. The average molecular weight is 439 g/mol. The molecule has 1 atom stereocenters. The van der Waals surface area contributed by atoms with E-state index in [-0.39, 0.29) is 18.6 Å². The molecule has 1 aromatic carbocycles. The van der Waals surface area contributed by atoms with Crippen LogP contribution in [0.1, 0.15) is 25.8 Å². The van der Waals surface area contributed by atoms with Gasteiger partial charge in [0.2, 0.25) is 15.9 Å². The molecule has 168 valence electrons. The van der Waals surface area contributed by atoms with Gasteiger partial charge in [-0.1, -0.05) is 19.9 Å². The molecule has 1 aromatic rings. The SMILES string of the molecule is CC(C)CN1CCOC(CNC(=O)CN2CCCc3c(NS(C)(=O)=O)cccc32)C1. The molecule has 1 amide bonds. The maximum absolute atomic E-state index is 12.6. The predicted octanol–water partition coefficient (Wildman–Crippen LogP) is 1.28. The first-order valence-electron chi connectivity index (χ1n) is 10.7. The number of nitrogens with one attached hydrogen (secondary N) is 2. The molecule has 0 aliphatic carbocycles. The van der Waals surface area contributed by atoms with Gasteiger partial charge in [-0.25, -0.2) is 8.42 Å². The van der Waals surface area contributed by atoms with Crippen LogP contribution in [-0.4, -0.2) is 77.5 Å². The van der Waals surface area contributed by atoms with E-state index >= 15 is 0 Å². The lowest BCUT2D eigenvalue weighted by molar-refractivity contribution is -0.121. The molecule has 2 heterocycles. The number of amides is 1. The minimum absolute atomic E-state index is 0.0145. The van der Waals surface area contributed by atoms with E-state index in [1.807, 2.05) is 17.0 Å². The smallest absolute Gasteiger partial charge is 0.239 e.